The van der Waals surface area contributed by atoms with Crippen LogP contribution in [-0.2, 0) is 16.0 Å². The molecule has 0 fully saturated rings. The number of halogens is 3. The fourth-order valence-corrected chi connectivity index (χ4v) is 2.81. The van der Waals surface area contributed by atoms with Crippen LogP contribution in [-0.4, -0.2) is 17.6 Å². The Kier molecular flexibility index (Phi) is 5.97. The number of ether oxygens (including phenoxy) is 1. The first-order valence-electron chi connectivity index (χ1n) is 7.19. The van der Waals surface area contributed by atoms with Gasteiger partial charge in [-0.1, -0.05) is 35.3 Å². The van der Waals surface area contributed by atoms with Gasteiger partial charge in [0, 0.05) is 12.0 Å². The Labute approximate surface area is 144 Å². The Morgan fingerprint density at radius 2 is 2.00 bits per heavy atom. The summed E-state index contributed by atoms with van der Waals surface area (Å²) in [5.74, 6) is -0.713. The smallest absolute Gasteiger partial charge is 0.306 e. The second-order valence-electron chi connectivity index (χ2n) is 5.05. The summed E-state index contributed by atoms with van der Waals surface area (Å²) in [5, 5.41) is 0.335. The number of rotatable bonds is 5. The minimum Gasteiger partial charge on any atom is -0.466 e. The number of carbonyl (C=O) groups is 1. The van der Waals surface area contributed by atoms with E-state index in [1.165, 1.54) is 6.07 Å². The Morgan fingerprint density at radius 1 is 1.26 bits per heavy atom. The molecule has 0 atom stereocenters. The van der Waals surface area contributed by atoms with Gasteiger partial charge >= 0.3 is 5.97 Å². The lowest BCUT2D eigenvalue weighted by molar-refractivity contribution is -0.143. The van der Waals surface area contributed by atoms with Gasteiger partial charge in [-0.2, -0.15) is 0 Å². The minimum atomic E-state index is -0.374. The van der Waals surface area contributed by atoms with E-state index in [0.717, 1.165) is 5.56 Å². The van der Waals surface area contributed by atoms with Gasteiger partial charge in [0.2, 0.25) is 0 Å². The van der Waals surface area contributed by atoms with Gasteiger partial charge in [0.05, 0.1) is 6.61 Å². The molecule has 0 spiro atoms. The molecular weight excluding hydrogens is 340 g/mol. The van der Waals surface area contributed by atoms with Crippen LogP contribution in [0, 0.1) is 12.7 Å². The predicted octanol–water partition coefficient (Wildman–Crippen LogP) is 5.00. The van der Waals surface area contributed by atoms with Gasteiger partial charge < -0.3 is 4.74 Å². The lowest BCUT2D eigenvalue weighted by Crippen LogP contribution is -2.07. The second-order valence-corrected chi connectivity index (χ2v) is 5.80. The molecule has 2 rings (SSSR count). The lowest BCUT2D eigenvalue weighted by Gasteiger charge is -2.13. The van der Waals surface area contributed by atoms with Gasteiger partial charge in [0.15, 0.2) is 0 Å². The lowest BCUT2D eigenvalue weighted by atomic mass is 9.97. The van der Waals surface area contributed by atoms with Crippen LogP contribution in [0.1, 0.15) is 24.5 Å². The van der Waals surface area contributed by atoms with Crippen molar-refractivity contribution in [3.05, 3.63) is 51.5 Å². The van der Waals surface area contributed by atoms with Gasteiger partial charge in [0.25, 0.3) is 0 Å². The van der Waals surface area contributed by atoms with Gasteiger partial charge in [-0.3, -0.25) is 4.79 Å². The maximum atomic E-state index is 14.3. The molecule has 0 aliphatic carbocycles. The third-order valence-electron chi connectivity index (χ3n) is 3.34. The number of hydrogen-bond acceptors (Lipinski definition) is 3. The summed E-state index contributed by atoms with van der Waals surface area (Å²) >= 11 is 12.1. The molecule has 3 nitrogen and oxygen atoms in total. The summed E-state index contributed by atoms with van der Waals surface area (Å²) in [5.41, 5.74) is 2.30. The summed E-state index contributed by atoms with van der Waals surface area (Å²) < 4.78 is 19.2. The van der Waals surface area contributed by atoms with Gasteiger partial charge in [-0.15, -0.1) is 0 Å². The third-order valence-corrected chi connectivity index (χ3v) is 3.85. The van der Waals surface area contributed by atoms with E-state index in [1.807, 2.05) is 0 Å². The van der Waals surface area contributed by atoms with E-state index >= 15 is 0 Å². The molecule has 0 amide bonds. The van der Waals surface area contributed by atoms with E-state index in [1.54, 1.807) is 32.0 Å². The van der Waals surface area contributed by atoms with Crippen LogP contribution in [0.15, 0.2) is 24.3 Å². The van der Waals surface area contributed by atoms with Gasteiger partial charge in [-0.05, 0) is 49.1 Å². The molecule has 23 heavy (non-hydrogen) atoms. The molecule has 6 heteroatoms. The molecule has 0 radical (unpaired) electrons. The highest BCUT2D eigenvalue weighted by Gasteiger charge is 2.17. The first-order chi connectivity index (χ1) is 10.9. The maximum Gasteiger partial charge on any atom is 0.306 e. The molecular formula is C17H16Cl2FNO2. The molecule has 0 unspecified atom stereocenters. The summed E-state index contributed by atoms with van der Waals surface area (Å²) in [7, 11) is 0. The summed E-state index contributed by atoms with van der Waals surface area (Å²) in [4.78, 5) is 15.6. The summed E-state index contributed by atoms with van der Waals surface area (Å²) in [6.07, 6.45) is 0.432. The van der Waals surface area contributed by atoms with Crippen molar-refractivity contribution in [1.29, 1.82) is 0 Å². The van der Waals surface area contributed by atoms with Crippen molar-refractivity contribution in [3.8, 4) is 11.1 Å². The molecule has 0 saturated carbocycles. The zero-order chi connectivity index (χ0) is 17.0. The number of hydrogen-bond donors (Lipinski definition) is 0. The fraction of sp³-hybridized carbons (Fsp3) is 0.294. The van der Waals surface area contributed by atoms with Crippen molar-refractivity contribution < 1.29 is 13.9 Å². The second kappa shape index (κ2) is 7.75. The normalized spacial score (nSPS) is 10.7. The zero-order valence-corrected chi connectivity index (χ0v) is 14.3. The van der Waals surface area contributed by atoms with Crippen LogP contribution in [0.3, 0.4) is 0 Å². The molecule has 0 aliphatic rings. The summed E-state index contributed by atoms with van der Waals surface area (Å²) in [6, 6.07) is 6.46. The van der Waals surface area contributed by atoms with Crippen LogP contribution >= 0.6 is 23.2 Å². The molecule has 1 aromatic carbocycles. The van der Waals surface area contributed by atoms with Crippen LogP contribution in [0.5, 0.6) is 0 Å². The Balaban J connectivity index is 2.43. The van der Waals surface area contributed by atoms with Crippen molar-refractivity contribution in [2.75, 3.05) is 6.61 Å². The Bertz CT molecular complexity index is 735. The SMILES string of the molecule is CCOC(=O)CCc1c(-c2ccc(C)cc2F)cc(Cl)nc1Cl. The van der Waals surface area contributed by atoms with Gasteiger partial charge in [0.1, 0.15) is 16.1 Å². The zero-order valence-electron chi connectivity index (χ0n) is 12.8. The van der Waals surface area contributed by atoms with E-state index < -0.39 is 0 Å². The minimum absolute atomic E-state index is 0.136. The first kappa shape index (κ1) is 17.7. The van der Waals surface area contributed by atoms with Crippen LogP contribution in [0.25, 0.3) is 11.1 Å². The number of esters is 1. The molecule has 0 N–H and O–H groups in total. The molecule has 1 aromatic heterocycles. The van der Waals surface area contributed by atoms with Crippen molar-refractivity contribution in [3.63, 3.8) is 0 Å². The number of aryl methyl sites for hydroxylation is 1. The van der Waals surface area contributed by atoms with Crippen LogP contribution < -0.4 is 0 Å². The van der Waals surface area contributed by atoms with Gasteiger partial charge in [-0.25, -0.2) is 9.37 Å². The summed E-state index contributed by atoms with van der Waals surface area (Å²) in [6.45, 7) is 3.85. The molecule has 1 heterocycles. The topological polar surface area (TPSA) is 39.2 Å². The van der Waals surface area contributed by atoms with Crippen molar-refractivity contribution in [1.82, 2.24) is 4.98 Å². The number of carbonyl (C=O) groups excluding carboxylic acids is 1. The van der Waals surface area contributed by atoms with Crippen molar-refractivity contribution >= 4 is 29.2 Å². The quantitative estimate of drug-likeness (QED) is 0.559. The highest BCUT2D eigenvalue weighted by Crippen LogP contribution is 2.33. The largest absolute Gasteiger partial charge is 0.466 e. The number of aromatic nitrogens is 1. The van der Waals surface area contributed by atoms with Crippen LogP contribution in [0.4, 0.5) is 4.39 Å². The van der Waals surface area contributed by atoms with E-state index in [4.69, 9.17) is 27.9 Å². The van der Waals surface area contributed by atoms with E-state index in [9.17, 15) is 9.18 Å². The first-order valence-corrected chi connectivity index (χ1v) is 7.95. The predicted molar refractivity (Wildman–Crippen MR) is 89.3 cm³/mol. The van der Waals surface area contributed by atoms with E-state index in [0.29, 0.717) is 29.7 Å². The highest BCUT2D eigenvalue weighted by molar-refractivity contribution is 6.33. The Hall–Kier alpha value is -1.65. The molecule has 0 aliphatic heterocycles. The van der Waals surface area contributed by atoms with Crippen LogP contribution in [0.2, 0.25) is 10.3 Å². The fourth-order valence-electron chi connectivity index (χ4n) is 2.29. The highest BCUT2D eigenvalue weighted by atomic mass is 35.5. The third kappa shape index (κ3) is 4.43. The number of nitrogens with zero attached hydrogens (tertiary/aromatic N) is 1. The molecule has 0 bridgehead atoms. The number of benzene rings is 1. The van der Waals surface area contributed by atoms with Crippen molar-refractivity contribution in [2.45, 2.75) is 26.7 Å². The van der Waals surface area contributed by atoms with E-state index in [2.05, 4.69) is 4.98 Å². The monoisotopic (exact) mass is 355 g/mol. The number of pyridine rings is 1. The standard InChI is InChI=1S/C17H16Cl2FNO2/c1-3-23-16(22)7-6-12-13(9-15(18)21-17(12)19)11-5-4-10(2)8-14(11)20/h4-5,8-9H,3,6-7H2,1-2H3. The molecule has 0 saturated heterocycles. The molecule has 122 valence electrons. The molecule has 2 aromatic rings. The maximum absolute atomic E-state index is 14.3. The average Bonchev–Trinajstić information content (AvgIpc) is 2.46. The Morgan fingerprint density at radius 3 is 2.65 bits per heavy atom. The van der Waals surface area contributed by atoms with E-state index in [-0.39, 0.29) is 28.5 Å². The average molecular weight is 356 g/mol. The van der Waals surface area contributed by atoms with Crippen molar-refractivity contribution in [2.24, 2.45) is 0 Å².